The van der Waals surface area contributed by atoms with Crippen LogP contribution in [0.4, 0.5) is 0 Å². The first-order valence-electron chi connectivity index (χ1n) is 9.46. The van der Waals surface area contributed by atoms with E-state index in [1.54, 1.807) is 0 Å². The lowest BCUT2D eigenvalue weighted by atomic mass is 9.83. The molecule has 1 aromatic rings. The maximum atomic E-state index is 12.5. The Morgan fingerprint density at radius 3 is 2.52 bits per heavy atom. The molecule has 2 rings (SSSR count). The third-order valence-electron chi connectivity index (χ3n) is 5.19. The Balaban J connectivity index is 1.84. The summed E-state index contributed by atoms with van der Waals surface area (Å²) in [7, 11) is 0. The first kappa shape index (κ1) is 19.5. The van der Waals surface area contributed by atoms with E-state index in [-0.39, 0.29) is 23.1 Å². The SMILES string of the molecule is CCCC(=O)N1CCC(C(=O)NCC(C)(C)c2cccc(C)c2)CC1. The first-order chi connectivity index (χ1) is 11.8. The molecule has 138 valence electrons. The molecule has 4 heteroatoms. The number of benzene rings is 1. The van der Waals surface area contributed by atoms with Crippen molar-refractivity contribution in [3.8, 4) is 0 Å². The highest BCUT2D eigenvalue weighted by Gasteiger charge is 2.28. The quantitative estimate of drug-likeness (QED) is 0.859. The molecule has 4 nitrogen and oxygen atoms in total. The molecular formula is C21H32N2O2. The molecule has 1 saturated heterocycles. The molecule has 1 aliphatic heterocycles. The number of carbonyl (C=O) groups is 2. The summed E-state index contributed by atoms with van der Waals surface area (Å²) in [5, 5.41) is 3.14. The van der Waals surface area contributed by atoms with Crippen LogP contribution in [-0.2, 0) is 15.0 Å². The van der Waals surface area contributed by atoms with Gasteiger partial charge in [-0.15, -0.1) is 0 Å². The zero-order valence-electron chi connectivity index (χ0n) is 16.1. The fraction of sp³-hybridized carbons (Fsp3) is 0.619. The fourth-order valence-electron chi connectivity index (χ4n) is 3.38. The van der Waals surface area contributed by atoms with Gasteiger partial charge < -0.3 is 10.2 Å². The lowest BCUT2D eigenvalue weighted by Gasteiger charge is -2.32. The Morgan fingerprint density at radius 2 is 1.92 bits per heavy atom. The van der Waals surface area contributed by atoms with Crippen LogP contribution in [0.3, 0.4) is 0 Å². The van der Waals surface area contributed by atoms with Gasteiger partial charge in [0, 0.05) is 37.4 Å². The van der Waals surface area contributed by atoms with E-state index in [1.807, 2.05) is 11.8 Å². The second-order valence-corrected chi connectivity index (χ2v) is 7.88. The molecule has 1 aromatic carbocycles. The van der Waals surface area contributed by atoms with Gasteiger partial charge in [-0.1, -0.05) is 50.6 Å². The minimum atomic E-state index is -0.0977. The van der Waals surface area contributed by atoms with Crippen LogP contribution in [0.5, 0.6) is 0 Å². The number of piperidine rings is 1. The van der Waals surface area contributed by atoms with E-state index in [0.717, 1.165) is 19.3 Å². The number of nitrogens with zero attached hydrogens (tertiary/aromatic N) is 1. The number of hydrogen-bond acceptors (Lipinski definition) is 2. The number of rotatable bonds is 6. The first-order valence-corrected chi connectivity index (χ1v) is 9.46. The number of hydrogen-bond donors (Lipinski definition) is 1. The zero-order chi connectivity index (χ0) is 18.4. The van der Waals surface area contributed by atoms with E-state index in [0.29, 0.717) is 26.1 Å². The van der Waals surface area contributed by atoms with Gasteiger partial charge in [0.15, 0.2) is 0 Å². The fourth-order valence-corrected chi connectivity index (χ4v) is 3.38. The molecule has 1 aliphatic rings. The van der Waals surface area contributed by atoms with Gasteiger partial charge >= 0.3 is 0 Å². The van der Waals surface area contributed by atoms with E-state index in [4.69, 9.17) is 0 Å². The number of carbonyl (C=O) groups excluding carboxylic acids is 2. The van der Waals surface area contributed by atoms with Crippen molar-refractivity contribution < 1.29 is 9.59 Å². The highest BCUT2D eigenvalue weighted by molar-refractivity contribution is 5.80. The van der Waals surface area contributed by atoms with Crippen molar-refractivity contribution in [2.45, 2.75) is 58.8 Å². The van der Waals surface area contributed by atoms with Crippen molar-refractivity contribution in [3.63, 3.8) is 0 Å². The summed E-state index contributed by atoms with van der Waals surface area (Å²) in [4.78, 5) is 26.4. The van der Waals surface area contributed by atoms with Crippen LogP contribution in [0.1, 0.15) is 57.6 Å². The van der Waals surface area contributed by atoms with Gasteiger partial charge in [0.05, 0.1) is 0 Å². The Labute approximate surface area is 152 Å². The normalized spacial score (nSPS) is 15.9. The third kappa shape index (κ3) is 5.32. The predicted molar refractivity (Wildman–Crippen MR) is 101 cm³/mol. The Morgan fingerprint density at radius 1 is 1.24 bits per heavy atom. The van der Waals surface area contributed by atoms with Crippen LogP contribution in [0.25, 0.3) is 0 Å². The predicted octanol–water partition coefficient (Wildman–Crippen LogP) is 3.43. The number of amides is 2. The minimum absolute atomic E-state index is 0.0268. The van der Waals surface area contributed by atoms with E-state index in [2.05, 4.69) is 50.4 Å². The average Bonchev–Trinajstić information content (AvgIpc) is 2.60. The molecule has 1 N–H and O–H groups in total. The van der Waals surface area contributed by atoms with E-state index < -0.39 is 0 Å². The molecule has 1 fully saturated rings. The van der Waals surface area contributed by atoms with Gasteiger partial charge in [-0.3, -0.25) is 9.59 Å². The van der Waals surface area contributed by atoms with Crippen LogP contribution in [0.2, 0.25) is 0 Å². The number of aryl methyl sites for hydroxylation is 1. The second-order valence-electron chi connectivity index (χ2n) is 7.88. The zero-order valence-corrected chi connectivity index (χ0v) is 16.1. The molecule has 25 heavy (non-hydrogen) atoms. The maximum absolute atomic E-state index is 12.5. The summed E-state index contributed by atoms with van der Waals surface area (Å²) in [6, 6.07) is 8.46. The Kier molecular flexibility index (Phi) is 6.63. The third-order valence-corrected chi connectivity index (χ3v) is 5.19. The van der Waals surface area contributed by atoms with Gasteiger partial charge in [0.1, 0.15) is 0 Å². The Bertz CT molecular complexity index is 602. The Hall–Kier alpha value is -1.84. The second kappa shape index (κ2) is 8.50. The molecule has 0 radical (unpaired) electrons. The van der Waals surface area contributed by atoms with Gasteiger partial charge in [0.2, 0.25) is 11.8 Å². The molecule has 0 saturated carbocycles. The lowest BCUT2D eigenvalue weighted by Crippen LogP contribution is -2.45. The molecule has 0 spiro atoms. The number of nitrogens with one attached hydrogen (secondary N) is 1. The molecule has 0 atom stereocenters. The molecule has 0 aromatic heterocycles. The number of likely N-dealkylation sites (tertiary alicyclic amines) is 1. The van der Waals surface area contributed by atoms with Crippen LogP contribution in [0.15, 0.2) is 24.3 Å². The van der Waals surface area contributed by atoms with E-state index in [1.165, 1.54) is 11.1 Å². The monoisotopic (exact) mass is 344 g/mol. The molecule has 0 aliphatic carbocycles. The summed E-state index contributed by atoms with van der Waals surface area (Å²) in [5.41, 5.74) is 2.38. The van der Waals surface area contributed by atoms with E-state index in [9.17, 15) is 9.59 Å². The summed E-state index contributed by atoms with van der Waals surface area (Å²) in [5.74, 6) is 0.379. The van der Waals surface area contributed by atoms with Crippen molar-refractivity contribution in [1.82, 2.24) is 10.2 Å². The molecule has 0 unspecified atom stereocenters. The molecule has 0 bridgehead atoms. The summed E-state index contributed by atoms with van der Waals surface area (Å²) < 4.78 is 0. The highest BCUT2D eigenvalue weighted by Crippen LogP contribution is 2.24. The van der Waals surface area contributed by atoms with Gasteiger partial charge in [-0.05, 0) is 31.7 Å². The van der Waals surface area contributed by atoms with E-state index >= 15 is 0 Å². The largest absolute Gasteiger partial charge is 0.355 e. The standard InChI is InChI=1S/C21H32N2O2/c1-5-7-19(24)23-12-10-17(11-13-23)20(25)22-15-21(3,4)18-9-6-8-16(2)14-18/h6,8-9,14,17H,5,7,10-13,15H2,1-4H3,(H,22,25). The summed E-state index contributed by atoms with van der Waals surface area (Å²) in [6.07, 6.45) is 3.03. The highest BCUT2D eigenvalue weighted by atomic mass is 16.2. The van der Waals surface area contributed by atoms with Crippen molar-refractivity contribution >= 4 is 11.8 Å². The lowest BCUT2D eigenvalue weighted by molar-refractivity contribution is -0.135. The van der Waals surface area contributed by atoms with Crippen LogP contribution in [-0.4, -0.2) is 36.3 Å². The van der Waals surface area contributed by atoms with Crippen LogP contribution in [0, 0.1) is 12.8 Å². The maximum Gasteiger partial charge on any atom is 0.223 e. The minimum Gasteiger partial charge on any atom is -0.355 e. The topological polar surface area (TPSA) is 49.4 Å². The average molecular weight is 344 g/mol. The van der Waals surface area contributed by atoms with Crippen molar-refractivity contribution in [3.05, 3.63) is 35.4 Å². The van der Waals surface area contributed by atoms with Crippen molar-refractivity contribution in [2.24, 2.45) is 5.92 Å². The summed E-state index contributed by atoms with van der Waals surface area (Å²) >= 11 is 0. The smallest absolute Gasteiger partial charge is 0.223 e. The van der Waals surface area contributed by atoms with Crippen molar-refractivity contribution in [2.75, 3.05) is 19.6 Å². The van der Waals surface area contributed by atoms with Crippen molar-refractivity contribution in [1.29, 1.82) is 0 Å². The van der Waals surface area contributed by atoms with Gasteiger partial charge in [-0.2, -0.15) is 0 Å². The van der Waals surface area contributed by atoms with Crippen LogP contribution >= 0.6 is 0 Å². The molecule has 2 amide bonds. The molecular weight excluding hydrogens is 312 g/mol. The van der Waals surface area contributed by atoms with Gasteiger partial charge in [0.25, 0.3) is 0 Å². The van der Waals surface area contributed by atoms with Gasteiger partial charge in [-0.25, -0.2) is 0 Å². The summed E-state index contributed by atoms with van der Waals surface area (Å²) in [6.45, 7) is 10.5. The molecule has 1 heterocycles. The van der Waals surface area contributed by atoms with Crippen LogP contribution < -0.4 is 5.32 Å².